The van der Waals surface area contributed by atoms with Crippen molar-refractivity contribution in [2.45, 2.75) is 25.9 Å². The van der Waals surface area contributed by atoms with Crippen LogP contribution in [0.3, 0.4) is 0 Å². The molecular weight excluding hydrogens is 498 g/mol. The fourth-order valence-corrected chi connectivity index (χ4v) is 4.55. The van der Waals surface area contributed by atoms with E-state index in [0.29, 0.717) is 34.7 Å². The molecule has 1 aliphatic heterocycles. The smallest absolute Gasteiger partial charge is 0.256 e. The van der Waals surface area contributed by atoms with Gasteiger partial charge in [-0.15, -0.1) is 0 Å². The molecule has 0 radical (unpaired) electrons. The first-order valence-corrected chi connectivity index (χ1v) is 12.2. The lowest BCUT2D eigenvalue weighted by molar-refractivity contribution is -0.124. The first kappa shape index (κ1) is 25.5. The first-order chi connectivity index (χ1) is 17.4. The van der Waals surface area contributed by atoms with Crippen LogP contribution in [0, 0.1) is 0 Å². The summed E-state index contributed by atoms with van der Waals surface area (Å²) in [6, 6.07) is 20.8. The minimum atomic E-state index is -0.777. The number of benzene rings is 3. The molecule has 1 aliphatic rings. The molecule has 2 amide bonds. The Hall–Kier alpha value is -3.62. The molecule has 9 heteroatoms. The zero-order valence-corrected chi connectivity index (χ0v) is 21.5. The molecule has 3 aromatic carbocycles. The second kappa shape index (κ2) is 11.4. The van der Waals surface area contributed by atoms with Gasteiger partial charge in [-0.25, -0.2) is 0 Å². The van der Waals surface area contributed by atoms with E-state index in [4.69, 9.17) is 33.3 Å². The van der Waals surface area contributed by atoms with Gasteiger partial charge in [-0.1, -0.05) is 29.8 Å². The van der Waals surface area contributed by atoms with Crippen molar-refractivity contribution in [2.24, 2.45) is 0 Å². The summed E-state index contributed by atoms with van der Waals surface area (Å²) < 4.78 is 10.7. The molecular formula is C27H26ClN3O4S. The average molecular weight is 524 g/mol. The van der Waals surface area contributed by atoms with Crippen LogP contribution in [0.15, 0.2) is 72.8 Å². The van der Waals surface area contributed by atoms with E-state index in [1.54, 1.807) is 60.5 Å². The van der Waals surface area contributed by atoms with Gasteiger partial charge in [0.25, 0.3) is 5.91 Å². The summed E-state index contributed by atoms with van der Waals surface area (Å²) >= 11 is 11.9. The zero-order chi connectivity index (χ0) is 25.7. The monoisotopic (exact) mass is 523 g/mol. The standard InChI is InChI=1S/C27H26ClN3O4S/c1-3-35-23-13-9-20(10-14-23)29-25(32)16-24-26(33)31(21-6-4-5-19(28)15-21)27(36)30(24)17-18-7-11-22(34-2)12-8-18/h4-15,24H,3,16-17H2,1-2H3,(H,29,32). The fraction of sp³-hybridized carbons (Fsp3) is 0.222. The molecule has 4 rings (SSSR count). The van der Waals surface area contributed by atoms with Gasteiger partial charge < -0.3 is 19.7 Å². The quantitative estimate of drug-likeness (QED) is 0.385. The van der Waals surface area contributed by atoms with Crippen LogP contribution in [0.2, 0.25) is 5.02 Å². The van der Waals surface area contributed by atoms with E-state index in [-0.39, 0.29) is 18.2 Å². The summed E-state index contributed by atoms with van der Waals surface area (Å²) in [5.74, 6) is 0.867. The maximum atomic E-state index is 13.6. The largest absolute Gasteiger partial charge is 0.497 e. The molecule has 1 saturated heterocycles. The van der Waals surface area contributed by atoms with Crippen molar-refractivity contribution < 1.29 is 19.1 Å². The highest BCUT2D eigenvalue weighted by atomic mass is 35.5. The van der Waals surface area contributed by atoms with Crippen LogP contribution in [0.5, 0.6) is 11.5 Å². The van der Waals surface area contributed by atoms with Crippen molar-refractivity contribution in [1.29, 1.82) is 0 Å². The average Bonchev–Trinajstić information content (AvgIpc) is 3.09. The van der Waals surface area contributed by atoms with Crippen molar-refractivity contribution in [3.05, 3.63) is 83.4 Å². The van der Waals surface area contributed by atoms with E-state index in [1.165, 1.54) is 4.90 Å². The Kier molecular flexibility index (Phi) is 8.07. The second-order valence-corrected chi connectivity index (χ2v) is 8.94. The second-order valence-electron chi connectivity index (χ2n) is 8.14. The van der Waals surface area contributed by atoms with E-state index in [1.807, 2.05) is 31.2 Å². The van der Waals surface area contributed by atoms with Crippen molar-refractivity contribution in [2.75, 3.05) is 23.9 Å². The lowest BCUT2D eigenvalue weighted by Gasteiger charge is -2.24. The van der Waals surface area contributed by atoms with Gasteiger partial charge in [0.05, 0.1) is 25.8 Å². The van der Waals surface area contributed by atoms with E-state index >= 15 is 0 Å². The number of carbonyl (C=O) groups is 2. The summed E-state index contributed by atoms with van der Waals surface area (Å²) in [7, 11) is 1.60. The number of rotatable bonds is 9. The number of thiocarbonyl (C=S) groups is 1. The van der Waals surface area contributed by atoms with E-state index in [2.05, 4.69) is 5.32 Å². The van der Waals surface area contributed by atoms with Crippen molar-refractivity contribution in [3.63, 3.8) is 0 Å². The molecule has 0 spiro atoms. The molecule has 1 heterocycles. The third kappa shape index (κ3) is 5.78. The Balaban J connectivity index is 1.56. The van der Waals surface area contributed by atoms with Crippen LogP contribution in [0.4, 0.5) is 11.4 Å². The van der Waals surface area contributed by atoms with Crippen LogP contribution in [-0.2, 0) is 16.1 Å². The number of anilines is 2. The van der Waals surface area contributed by atoms with Gasteiger partial charge in [0.1, 0.15) is 17.5 Å². The molecule has 0 aliphatic carbocycles. The maximum Gasteiger partial charge on any atom is 0.256 e. The van der Waals surface area contributed by atoms with Crippen LogP contribution in [0.1, 0.15) is 18.9 Å². The molecule has 0 saturated carbocycles. The summed E-state index contributed by atoms with van der Waals surface area (Å²) in [6.45, 7) is 2.82. The summed E-state index contributed by atoms with van der Waals surface area (Å²) in [5.41, 5.74) is 2.10. The molecule has 0 bridgehead atoms. The lowest BCUT2D eigenvalue weighted by atomic mass is 10.1. The molecule has 1 unspecified atom stereocenters. The van der Waals surface area contributed by atoms with E-state index in [0.717, 1.165) is 17.1 Å². The molecule has 1 fully saturated rings. The molecule has 186 valence electrons. The van der Waals surface area contributed by atoms with Gasteiger partial charge in [-0.05, 0) is 79.3 Å². The molecule has 36 heavy (non-hydrogen) atoms. The van der Waals surface area contributed by atoms with Crippen molar-refractivity contribution in [1.82, 2.24) is 4.90 Å². The highest BCUT2D eigenvalue weighted by Gasteiger charge is 2.44. The van der Waals surface area contributed by atoms with Gasteiger partial charge in [0.15, 0.2) is 5.11 Å². The number of methoxy groups -OCH3 is 1. The maximum absolute atomic E-state index is 13.6. The number of carbonyl (C=O) groups excluding carboxylic acids is 2. The van der Waals surface area contributed by atoms with E-state index in [9.17, 15) is 9.59 Å². The third-order valence-electron chi connectivity index (χ3n) is 5.72. The SMILES string of the molecule is CCOc1ccc(NC(=O)CC2C(=O)N(c3cccc(Cl)c3)C(=S)N2Cc2ccc(OC)cc2)cc1. The summed E-state index contributed by atoms with van der Waals surface area (Å²) in [4.78, 5) is 29.8. The van der Waals surface area contributed by atoms with Crippen LogP contribution in [0.25, 0.3) is 0 Å². The molecule has 0 aromatic heterocycles. The predicted molar refractivity (Wildman–Crippen MR) is 145 cm³/mol. The van der Waals surface area contributed by atoms with Crippen molar-refractivity contribution >= 4 is 52.1 Å². The Morgan fingerprint density at radius 2 is 1.75 bits per heavy atom. The molecule has 1 N–H and O–H groups in total. The van der Waals surface area contributed by atoms with Gasteiger partial charge >= 0.3 is 0 Å². The molecule has 7 nitrogen and oxygen atoms in total. The topological polar surface area (TPSA) is 71.1 Å². The number of nitrogens with zero attached hydrogens (tertiary/aromatic N) is 2. The lowest BCUT2D eigenvalue weighted by Crippen LogP contribution is -2.37. The Morgan fingerprint density at radius 1 is 1.06 bits per heavy atom. The number of halogens is 1. The fourth-order valence-electron chi connectivity index (χ4n) is 3.98. The molecule has 1 atom stereocenters. The summed E-state index contributed by atoms with van der Waals surface area (Å²) in [6.07, 6.45) is -0.0700. The number of hydrogen-bond acceptors (Lipinski definition) is 5. The molecule has 3 aromatic rings. The Labute approximate surface area is 220 Å². The number of amides is 2. The van der Waals surface area contributed by atoms with Crippen LogP contribution < -0.4 is 19.7 Å². The van der Waals surface area contributed by atoms with Crippen LogP contribution in [-0.4, -0.2) is 41.6 Å². The van der Waals surface area contributed by atoms with Gasteiger partial charge in [-0.2, -0.15) is 0 Å². The third-order valence-corrected chi connectivity index (χ3v) is 6.38. The number of ether oxygens (including phenoxy) is 2. The Bertz CT molecular complexity index is 1250. The first-order valence-electron chi connectivity index (χ1n) is 11.5. The predicted octanol–water partition coefficient (Wildman–Crippen LogP) is 5.28. The van der Waals surface area contributed by atoms with Crippen molar-refractivity contribution in [3.8, 4) is 11.5 Å². The minimum absolute atomic E-state index is 0.0700. The normalized spacial score (nSPS) is 15.2. The van der Waals surface area contributed by atoms with Gasteiger partial charge in [0, 0.05) is 17.3 Å². The number of hydrogen-bond donors (Lipinski definition) is 1. The Morgan fingerprint density at radius 3 is 2.39 bits per heavy atom. The number of nitrogens with one attached hydrogen (secondary N) is 1. The highest BCUT2D eigenvalue weighted by Crippen LogP contribution is 2.30. The van der Waals surface area contributed by atoms with Gasteiger partial charge in [0.2, 0.25) is 5.91 Å². The highest BCUT2D eigenvalue weighted by molar-refractivity contribution is 7.80. The van der Waals surface area contributed by atoms with E-state index < -0.39 is 6.04 Å². The zero-order valence-electron chi connectivity index (χ0n) is 19.9. The van der Waals surface area contributed by atoms with Crippen LogP contribution >= 0.6 is 23.8 Å². The summed E-state index contributed by atoms with van der Waals surface area (Å²) in [5, 5.41) is 3.67. The minimum Gasteiger partial charge on any atom is -0.497 e. The van der Waals surface area contributed by atoms with Gasteiger partial charge in [-0.3, -0.25) is 14.5 Å².